The van der Waals surface area contributed by atoms with Crippen LogP contribution in [0, 0.1) is 6.92 Å². The Hall–Kier alpha value is -3.48. The van der Waals surface area contributed by atoms with E-state index in [1.165, 1.54) is 0 Å². The highest BCUT2D eigenvalue weighted by atomic mass is 16.5. The fourth-order valence-electron chi connectivity index (χ4n) is 2.40. The van der Waals surface area contributed by atoms with Gasteiger partial charge in [0.2, 0.25) is 0 Å². The lowest BCUT2D eigenvalue weighted by atomic mass is 10.2. The Morgan fingerprint density at radius 3 is 2.65 bits per heavy atom. The first-order valence-electron chi connectivity index (χ1n) is 8.08. The largest absolute Gasteiger partial charge is 0.495 e. The fraction of sp³-hybridized carbons (Fsp3) is 0.158. The molecule has 0 aliphatic carbocycles. The molecule has 2 N–H and O–H groups in total. The lowest BCUT2D eigenvalue weighted by molar-refractivity contribution is 0.102. The molecule has 0 aliphatic rings. The summed E-state index contributed by atoms with van der Waals surface area (Å²) in [6, 6.07) is 12.7. The third-order valence-corrected chi connectivity index (χ3v) is 3.65. The van der Waals surface area contributed by atoms with Crippen LogP contribution in [0.4, 0.5) is 11.5 Å². The minimum absolute atomic E-state index is 0.278. The molecule has 0 saturated carbocycles. The fourth-order valence-corrected chi connectivity index (χ4v) is 2.40. The van der Waals surface area contributed by atoms with Gasteiger partial charge in [-0.3, -0.25) is 9.78 Å². The molecule has 26 heavy (non-hydrogen) atoms. The van der Waals surface area contributed by atoms with Crippen molar-refractivity contribution in [3.63, 3.8) is 0 Å². The van der Waals surface area contributed by atoms with E-state index in [1.807, 2.05) is 24.3 Å². The highest BCUT2D eigenvalue weighted by molar-refractivity contribution is 6.04. The van der Waals surface area contributed by atoms with E-state index in [4.69, 9.17) is 4.74 Å². The molecule has 0 unspecified atom stereocenters. The number of nitrogens with zero attached hydrogens (tertiary/aromatic N) is 3. The number of ether oxygens (including phenoxy) is 1. The van der Waals surface area contributed by atoms with Gasteiger partial charge >= 0.3 is 0 Å². The Morgan fingerprint density at radius 1 is 1.12 bits per heavy atom. The van der Waals surface area contributed by atoms with Crippen LogP contribution in [-0.4, -0.2) is 28.0 Å². The van der Waals surface area contributed by atoms with Crippen LogP contribution in [0.1, 0.15) is 21.9 Å². The quantitative estimate of drug-likeness (QED) is 0.711. The molecule has 3 aromatic rings. The molecule has 132 valence electrons. The number of rotatable bonds is 6. The maximum atomic E-state index is 12.6. The van der Waals surface area contributed by atoms with Crippen LogP contribution >= 0.6 is 0 Å². The van der Waals surface area contributed by atoms with E-state index in [0.717, 1.165) is 5.56 Å². The van der Waals surface area contributed by atoms with Gasteiger partial charge in [-0.1, -0.05) is 12.1 Å². The number of hydrogen-bond donors (Lipinski definition) is 2. The molecule has 0 spiro atoms. The summed E-state index contributed by atoms with van der Waals surface area (Å²) in [6.45, 7) is 2.32. The van der Waals surface area contributed by atoms with Crippen LogP contribution in [0.5, 0.6) is 5.75 Å². The summed E-state index contributed by atoms with van der Waals surface area (Å²) < 4.78 is 5.25. The van der Waals surface area contributed by atoms with Gasteiger partial charge in [0.25, 0.3) is 5.91 Å². The van der Waals surface area contributed by atoms with Crippen molar-refractivity contribution >= 4 is 17.4 Å². The molecular formula is C19H19N5O2. The van der Waals surface area contributed by atoms with E-state index in [2.05, 4.69) is 25.6 Å². The van der Waals surface area contributed by atoms with E-state index in [1.54, 1.807) is 44.6 Å². The molecule has 0 atom stereocenters. The van der Waals surface area contributed by atoms with Crippen molar-refractivity contribution < 1.29 is 9.53 Å². The van der Waals surface area contributed by atoms with E-state index < -0.39 is 0 Å². The first-order chi connectivity index (χ1) is 12.7. The van der Waals surface area contributed by atoms with Crippen molar-refractivity contribution in [1.29, 1.82) is 0 Å². The van der Waals surface area contributed by atoms with Gasteiger partial charge in [0.05, 0.1) is 12.8 Å². The number of carbonyl (C=O) groups excluding carboxylic acids is 1. The summed E-state index contributed by atoms with van der Waals surface area (Å²) in [5, 5.41) is 6.02. The molecule has 0 saturated heterocycles. The molecule has 0 radical (unpaired) electrons. The van der Waals surface area contributed by atoms with Crippen LogP contribution in [0.25, 0.3) is 0 Å². The van der Waals surface area contributed by atoms with Crippen LogP contribution in [-0.2, 0) is 6.54 Å². The van der Waals surface area contributed by atoms with Crippen molar-refractivity contribution in [1.82, 2.24) is 15.0 Å². The van der Waals surface area contributed by atoms with Gasteiger partial charge in [-0.2, -0.15) is 0 Å². The van der Waals surface area contributed by atoms with Crippen LogP contribution < -0.4 is 15.4 Å². The second kappa shape index (κ2) is 8.06. The van der Waals surface area contributed by atoms with Gasteiger partial charge in [-0.15, -0.1) is 0 Å². The number of anilines is 2. The van der Waals surface area contributed by atoms with Gasteiger partial charge in [-0.25, -0.2) is 9.97 Å². The van der Waals surface area contributed by atoms with Crippen molar-refractivity contribution in [2.24, 2.45) is 0 Å². The third-order valence-electron chi connectivity index (χ3n) is 3.65. The zero-order valence-electron chi connectivity index (χ0n) is 14.6. The van der Waals surface area contributed by atoms with Crippen LogP contribution in [0.15, 0.2) is 54.9 Å². The van der Waals surface area contributed by atoms with Gasteiger partial charge in [0.15, 0.2) is 0 Å². The number of amides is 1. The maximum Gasteiger partial charge on any atom is 0.274 e. The summed E-state index contributed by atoms with van der Waals surface area (Å²) in [5.74, 6) is 1.35. The number of aryl methyl sites for hydroxylation is 1. The van der Waals surface area contributed by atoms with E-state index in [-0.39, 0.29) is 11.6 Å². The molecule has 7 nitrogen and oxygen atoms in total. The van der Waals surface area contributed by atoms with Gasteiger partial charge < -0.3 is 15.4 Å². The summed E-state index contributed by atoms with van der Waals surface area (Å²) >= 11 is 0. The van der Waals surface area contributed by atoms with E-state index >= 15 is 0 Å². The van der Waals surface area contributed by atoms with Gasteiger partial charge in [0, 0.05) is 25.0 Å². The second-order valence-corrected chi connectivity index (χ2v) is 5.55. The Labute approximate surface area is 151 Å². The zero-order valence-corrected chi connectivity index (χ0v) is 14.6. The average Bonchev–Trinajstić information content (AvgIpc) is 2.67. The molecule has 1 amide bonds. The standard InChI is InChI=1S/C19H19N5O2/c1-13-22-16(19(25)24-15-5-3-4-6-17(15)26-2)11-18(23-13)21-12-14-7-9-20-10-8-14/h3-11H,12H2,1-2H3,(H,24,25)(H,21,22,23). The number of hydrogen-bond acceptors (Lipinski definition) is 6. The molecule has 0 aliphatic heterocycles. The molecule has 0 bridgehead atoms. The SMILES string of the molecule is COc1ccccc1NC(=O)c1cc(NCc2ccncc2)nc(C)n1. The zero-order chi connectivity index (χ0) is 18.4. The minimum Gasteiger partial charge on any atom is -0.495 e. The molecule has 2 aromatic heterocycles. The number of benzene rings is 1. The molecule has 3 rings (SSSR count). The average molecular weight is 349 g/mol. The Bertz CT molecular complexity index is 899. The Morgan fingerprint density at radius 2 is 1.88 bits per heavy atom. The first-order valence-corrected chi connectivity index (χ1v) is 8.08. The number of nitrogens with one attached hydrogen (secondary N) is 2. The third kappa shape index (κ3) is 4.32. The molecule has 7 heteroatoms. The number of carbonyl (C=O) groups is 1. The molecule has 1 aromatic carbocycles. The highest BCUT2D eigenvalue weighted by Gasteiger charge is 2.13. The van der Waals surface area contributed by atoms with E-state index in [0.29, 0.717) is 29.6 Å². The summed E-state index contributed by atoms with van der Waals surface area (Å²) in [5.41, 5.74) is 1.93. The highest BCUT2D eigenvalue weighted by Crippen LogP contribution is 2.23. The minimum atomic E-state index is -0.327. The van der Waals surface area contributed by atoms with E-state index in [9.17, 15) is 4.79 Å². The predicted molar refractivity (Wildman–Crippen MR) is 99.3 cm³/mol. The van der Waals surface area contributed by atoms with Crippen molar-refractivity contribution in [3.8, 4) is 5.75 Å². The van der Waals surface area contributed by atoms with Crippen molar-refractivity contribution in [3.05, 3.63) is 71.9 Å². The normalized spacial score (nSPS) is 10.2. The second-order valence-electron chi connectivity index (χ2n) is 5.55. The predicted octanol–water partition coefficient (Wildman–Crippen LogP) is 3.05. The first kappa shape index (κ1) is 17.3. The smallest absolute Gasteiger partial charge is 0.274 e. The van der Waals surface area contributed by atoms with Gasteiger partial charge in [0.1, 0.15) is 23.1 Å². The van der Waals surface area contributed by atoms with Gasteiger partial charge in [-0.05, 0) is 36.8 Å². The van der Waals surface area contributed by atoms with Crippen molar-refractivity contribution in [2.75, 3.05) is 17.7 Å². The Kier molecular flexibility index (Phi) is 5.38. The molecule has 2 heterocycles. The number of methoxy groups -OCH3 is 1. The number of aromatic nitrogens is 3. The molecular weight excluding hydrogens is 330 g/mol. The van der Waals surface area contributed by atoms with Crippen LogP contribution in [0.3, 0.4) is 0 Å². The lowest BCUT2D eigenvalue weighted by Crippen LogP contribution is -2.16. The maximum absolute atomic E-state index is 12.6. The molecule has 0 fully saturated rings. The topological polar surface area (TPSA) is 89.0 Å². The number of pyridine rings is 1. The summed E-state index contributed by atoms with van der Waals surface area (Å²) in [4.78, 5) is 25.1. The lowest BCUT2D eigenvalue weighted by Gasteiger charge is -2.11. The Balaban J connectivity index is 1.75. The van der Waals surface area contributed by atoms with Crippen LogP contribution in [0.2, 0.25) is 0 Å². The van der Waals surface area contributed by atoms with Crippen molar-refractivity contribution in [2.45, 2.75) is 13.5 Å². The monoisotopic (exact) mass is 349 g/mol. The summed E-state index contributed by atoms with van der Waals surface area (Å²) in [7, 11) is 1.56. The summed E-state index contributed by atoms with van der Waals surface area (Å²) in [6.07, 6.45) is 3.46. The number of para-hydroxylation sites is 2.